The van der Waals surface area contributed by atoms with Crippen LogP contribution in [-0.2, 0) is 4.79 Å². The van der Waals surface area contributed by atoms with Crippen molar-refractivity contribution in [3.63, 3.8) is 0 Å². The second-order valence-corrected chi connectivity index (χ2v) is 5.09. The summed E-state index contributed by atoms with van der Waals surface area (Å²) < 4.78 is 39.0. The van der Waals surface area contributed by atoms with Gasteiger partial charge in [0.1, 0.15) is 0 Å². The maximum absolute atomic E-state index is 12.8. The van der Waals surface area contributed by atoms with Gasteiger partial charge in [-0.1, -0.05) is 34.1 Å². The molecule has 108 valence electrons. The van der Waals surface area contributed by atoms with E-state index in [-0.39, 0.29) is 5.56 Å². The Bertz CT molecular complexity index is 664. The molecule has 0 aliphatic carbocycles. The summed E-state index contributed by atoms with van der Waals surface area (Å²) in [4.78, 5) is 15.5. The molecule has 0 unspecified atom stereocenters. The minimum absolute atomic E-state index is 0.198. The highest BCUT2D eigenvalue weighted by Crippen LogP contribution is 2.29. The van der Waals surface area contributed by atoms with Gasteiger partial charge in [0.25, 0.3) is 5.78 Å². The molecule has 21 heavy (non-hydrogen) atoms. The number of rotatable bonds is 3. The van der Waals surface area contributed by atoms with Crippen molar-refractivity contribution in [2.45, 2.75) is 6.18 Å². The standard InChI is InChI=1S/C15H9BrF3NO/c16-12-5-3-11(4-6-12)13(14(21)15(17,18)19)8-10-2-1-7-20-9-10/h1-9H. The molecule has 0 N–H and O–H groups in total. The minimum atomic E-state index is -4.93. The maximum atomic E-state index is 12.8. The van der Waals surface area contributed by atoms with Crippen LogP contribution in [0.2, 0.25) is 0 Å². The van der Waals surface area contributed by atoms with Crippen LogP contribution in [0.3, 0.4) is 0 Å². The molecule has 6 heteroatoms. The number of hydrogen-bond donors (Lipinski definition) is 0. The zero-order valence-electron chi connectivity index (χ0n) is 10.6. The Balaban J connectivity index is 2.52. The van der Waals surface area contributed by atoms with Crippen LogP contribution >= 0.6 is 15.9 Å². The first-order chi connectivity index (χ1) is 9.88. The van der Waals surface area contributed by atoms with Gasteiger partial charge in [-0.05, 0) is 35.4 Å². The first-order valence-corrected chi connectivity index (χ1v) is 6.66. The molecule has 0 bridgehead atoms. The van der Waals surface area contributed by atoms with Gasteiger partial charge in [-0.25, -0.2) is 0 Å². The third kappa shape index (κ3) is 4.01. The van der Waals surface area contributed by atoms with Gasteiger partial charge in [-0.2, -0.15) is 13.2 Å². The van der Waals surface area contributed by atoms with Gasteiger partial charge < -0.3 is 0 Å². The zero-order valence-corrected chi connectivity index (χ0v) is 12.1. The monoisotopic (exact) mass is 355 g/mol. The molecule has 0 aliphatic heterocycles. The van der Waals surface area contributed by atoms with E-state index < -0.39 is 17.5 Å². The van der Waals surface area contributed by atoms with Gasteiger partial charge in [0.2, 0.25) is 0 Å². The smallest absolute Gasteiger partial charge is 0.284 e. The van der Waals surface area contributed by atoms with E-state index in [2.05, 4.69) is 20.9 Å². The van der Waals surface area contributed by atoms with Gasteiger partial charge in [0.15, 0.2) is 0 Å². The van der Waals surface area contributed by atoms with E-state index in [4.69, 9.17) is 0 Å². The van der Waals surface area contributed by atoms with E-state index in [0.29, 0.717) is 10.0 Å². The molecule has 2 rings (SSSR count). The molecule has 0 saturated carbocycles. The molecular formula is C15H9BrF3NO. The first-order valence-electron chi connectivity index (χ1n) is 5.87. The molecule has 0 saturated heterocycles. The van der Waals surface area contributed by atoms with Crippen LogP contribution in [0.5, 0.6) is 0 Å². The summed E-state index contributed by atoms with van der Waals surface area (Å²) in [6.45, 7) is 0. The largest absolute Gasteiger partial charge is 0.454 e. The summed E-state index contributed by atoms with van der Waals surface area (Å²) in [6.07, 6.45) is -0.849. The molecule has 0 spiro atoms. The van der Waals surface area contributed by atoms with Crippen LogP contribution < -0.4 is 0 Å². The molecule has 0 atom stereocenters. The van der Waals surface area contributed by atoms with Crippen LogP contribution in [0.15, 0.2) is 53.3 Å². The average Bonchev–Trinajstić information content (AvgIpc) is 2.45. The van der Waals surface area contributed by atoms with Gasteiger partial charge in [0, 0.05) is 22.4 Å². The Morgan fingerprint density at radius 3 is 2.33 bits per heavy atom. The topological polar surface area (TPSA) is 30.0 Å². The van der Waals surface area contributed by atoms with Crippen LogP contribution in [0.25, 0.3) is 11.6 Å². The summed E-state index contributed by atoms with van der Waals surface area (Å²) in [5.41, 5.74) is 0.209. The number of pyridine rings is 1. The molecule has 2 aromatic rings. The van der Waals surface area contributed by atoms with Gasteiger partial charge >= 0.3 is 6.18 Å². The van der Waals surface area contributed by atoms with Crippen molar-refractivity contribution in [1.29, 1.82) is 0 Å². The van der Waals surface area contributed by atoms with Crippen LogP contribution in [0.4, 0.5) is 13.2 Å². The molecule has 1 aromatic carbocycles. The lowest BCUT2D eigenvalue weighted by molar-refractivity contribution is -0.164. The van der Waals surface area contributed by atoms with Crippen molar-refractivity contribution in [3.05, 3.63) is 64.4 Å². The van der Waals surface area contributed by atoms with Gasteiger partial charge in [-0.3, -0.25) is 9.78 Å². The summed E-state index contributed by atoms with van der Waals surface area (Å²) in [5.74, 6) is -1.88. The number of ketones is 1. The number of carbonyl (C=O) groups is 1. The van der Waals surface area contributed by atoms with Crippen molar-refractivity contribution in [2.75, 3.05) is 0 Å². The fraction of sp³-hybridized carbons (Fsp3) is 0.0667. The molecule has 0 radical (unpaired) electrons. The van der Waals surface area contributed by atoms with Crippen LogP contribution in [-0.4, -0.2) is 16.9 Å². The normalized spacial score (nSPS) is 12.3. The van der Waals surface area contributed by atoms with Gasteiger partial charge in [-0.15, -0.1) is 0 Å². The number of halogens is 4. The number of carbonyl (C=O) groups excluding carboxylic acids is 1. The summed E-state index contributed by atoms with van der Waals surface area (Å²) in [5, 5.41) is 0. The predicted molar refractivity (Wildman–Crippen MR) is 77.3 cm³/mol. The minimum Gasteiger partial charge on any atom is -0.284 e. The lowest BCUT2D eigenvalue weighted by Crippen LogP contribution is -2.23. The lowest BCUT2D eigenvalue weighted by Gasteiger charge is -2.10. The summed E-state index contributed by atoms with van der Waals surface area (Å²) in [6, 6.07) is 9.23. The third-order valence-electron chi connectivity index (χ3n) is 2.65. The van der Waals surface area contributed by atoms with Crippen molar-refractivity contribution in [3.8, 4) is 0 Å². The number of benzene rings is 1. The van der Waals surface area contributed by atoms with E-state index in [1.54, 1.807) is 24.3 Å². The first kappa shape index (κ1) is 15.4. The number of alkyl halides is 3. The molecule has 0 aliphatic rings. The summed E-state index contributed by atoms with van der Waals surface area (Å²) in [7, 11) is 0. The van der Waals surface area contributed by atoms with Crippen molar-refractivity contribution >= 4 is 33.4 Å². The highest BCUT2D eigenvalue weighted by molar-refractivity contribution is 9.10. The Labute approximate surface area is 127 Å². The van der Waals surface area contributed by atoms with Crippen molar-refractivity contribution < 1.29 is 18.0 Å². The van der Waals surface area contributed by atoms with Crippen molar-refractivity contribution in [1.82, 2.24) is 4.98 Å². The van der Waals surface area contributed by atoms with E-state index in [0.717, 1.165) is 0 Å². The zero-order chi connectivity index (χ0) is 15.5. The summed E-state index contributed by atoms with van der Waals surface area (Å²) >= 11 is 3.20. The number of nitrogens with zero attached hydrogens (tertiary/aromatic N) is 1. The third-order valence-corrected chi connectivity index (χ3v) is 3.18. The second kappa shape index (κ2) is 6.22. The quantitative estimate of drug-likeness (QED) is 0.758. The van der Waals surface area contributed by atoms with E-state index >= 15 is 0 Å². The Hall–Kier alpha value is -1.95. The fourth-order valence-electron chi connectivity index (χ4n) is 1.69. The highest BCUT2D eigenvalue weighted by Gasteiger charge is 2.40. The molecule has 1 heterocycles. The second-order valence-electron chi connectivity index (χ2n) is 4.18. The Morgan fingerprint density at radius 2 is 1.81 bits per heavy atom. The number of Topliss-reactive ketones (excluding diaryl/α,β-unsaturated/α-hetero) is 1. The average molecular weight is 356 g/mol. The molecule has 2 nitrogen and oxygen atoms in total. The number of hydrogen-bond acceptors (Lipinski definition) is 2. The van der Waals surface area contributed by atoms with Crippen LogP contribution in [0, 0.1) is 0 Å². The Morgan fingerprint density at radius 1 is 1.14 bits per heavy atom. The predicted octanol–water partition coefficient (Wildman–Crippen LogP) is 4.52. The molecule has 1 aromatic heterocycles. The molecule has 0 amide bonds. The maximum Gasteiger partial charge on any atom is 0.454 e. The fourth-order valence-corrected chi connectivity index (χ4v) is 1.95. The lowest BCUT2D eigenvalue weighted by atomic mass is 9.99. The van der Waals surface area contributed by atoms with E-state index in [9.17, 15) is 18.0 Å². The molecule has 0 fully saturated rings. The number of allylic oxidation sites excluding steroid dienone is 1. The van der Waals surface area contributed by atoms with E-state index in [1.807, 2.05) is 0 Å². The van der Waals surface area contributed by atoms with Crippen LogP contribution in [0.1, 0.15) is 11.1 Å². The highest BCUT2D eigenvalue weighted by atomic mass is 79.9. The SMILES string of the molecule is O=C(C(=Cc1cccnc1)c1ccc(Br)cc1)C(F)(F)F. The molecular weight excluding hydrogens is 347 g/mol. The number of aromatic nitrogens is 1. The van der Waals surface area contributed by atoms with Crippen molar-refractivity contribution in [2.24, 2.45) is 0 Å². The van der Waals surface area contributed by atoms with Gasteiger partial charge in [0.05, 0.1) is 0 Å². The Kier molecular flexibility index (Phi) is 4.57. The van der Waals surface area contributed by atoms with E-state index in [1.165, 1.54) is 30.6 Å².